The van der Waals surface area contributed by atoms with Crippen molar-refractivity contribution in [2.75, 3.05) is 19.8 Å². The summed E-state index contributed by atoms with van der Waals surface area (Å²) in [4.78, 5) is 35.3. The molecule has 0 spiro atoms. The first-order chi connectivity index (χ1) is 11.9. The Morgan fingerprint density at radius 3 is 2.40 bits per heavy atom. The summed E-state index contributed by atoms with van der Waals surface area (Å²) in [5.41, 5.74) is 0.561. The van der Waals surface area contributed by atoms with Gasteiger partial charge in [-0.2, -0.15) is 0 Å². The SMILES string of the molecule is CCOc1cc(Br)c(/C=C2/NC(=O)N(CC(=O)O)C2=O)cc1OCC. The van der Waals surface area contributed by atoms with E-state index in [9.17, 15) is 14.4 Å². The molecule has 0 aromatic heterocycles. The van der Waals surface area contributed by atoms with Crippen molar-refractivity contribution in [2.45, 2.75) is 13.8 Å². The maximum atomic E-state index is 12.2. The number of halogens is 1. The smallest absolute Gasteiger partial charge is 0.329 e. The number of carboxylic acids is 1. The number of carbonyl (C=O) groups excluding carboxylic acids is 2. The van der Waals surface area contributed by atoms with Crippen LogP contribution in [0.5, 0.6) is 11.5 Å². The van der Waals surface area contributed by atoms with Gasteiger partial charge in [-0.05, 0) is 37.6 Å². The van der Waals surface area contributed by atoms with Gasteiger partial charge in [-0.3, -0.25) is 9.59 Å². The Morgan fingerprint density at radius 1 is 1.24 bits per heavy atom. The van der Waals surface area contributed by atoms with E-state index in [0.717, 1.165) is 0 Å². The highest BCUT2D eigenvalue weighted by Crippen LogP contribution is 2.35. The number of ether oxygens (including phenoxy) is 2. The largest absolute Gasteiger partial charge is 0.490 e. The normalized spacial score (nSPS) is 15.5. The molecule has 0 saturated carbocycles. The molecule has 0 aliphatic carbocycles. The lowest BCUT2D eigenvalue weighted by atomic mass is 10.1. The van der Waals surface area contributed by atoms with Crippen LogP contribution in [0.25, 0.3) is 6.08 Å². The van der Waals surface area contributed by atoms with Gasteiger partial charge in [0.15, 0.2) is 11.5 Å². The molecule has 1 aromatic rings. The number of hydrogen-bond acceptors (Lipinski definition) is 5. The van der Waals surface area contributed by atoms with Crippen LogP contribution in [0.3, 0.4) is 0 Å². The molecule has 9 heteroatoms. The van der Waals surface area contributed by atoms with Crippen LogP contribution in [0, 0.1) is 0 Å². The maximum Gasteiger partial charge on any atom is 0.329 e. The second-order valence-corrected chi connectivity index (χ2v) is 5.81. The molecule has 8 nitrogen and oxygen atoms in total. The highest BCUT2D eigenvalue weighted by molar-refractivity contribution is 9.10. The van der Waals surface area contributed by atoms with E-state index in [1.807, 2.05) is 13.8 Å². The molecule has 1 saturated heterocycles. The number of hydrogen-bond donors (Lipinski definition) is 2. The fourth-order valence-electron chi connectivity index (χ4n) is 2.20. The van der Waals surface area contributed by atoms with Crippen LogP contribution in [0.2, 0.25) is 0 Å². The lowest BCUT2D eigenvalue weighted by Crippen LogP contribution is -2.35. The third kappa shape index (κ3) is 4.30. The molecule has 0 radical (unpaired) electrons. The Morgan fingerprint density at radius 2 is 1.84 bits per heavy atom. The Balaban J connectivity index is 2.37. The number of nitrogens with one attached hydrogen (secondary N) is 1. The van der Waals surface area contributed by atoms with Crippen molar-refractivity contribution < 1.29 is 29.0 Å². The average molecular weight is 413 g/mol. The zero-order chi connectivity index (χ0) is 18.6. The molecule has 1 aromatic carbocycles. The molecule has 1 fully saturated rings. The summed E-state index contributed by atoms with van der Waals surface area (Å²) in [6, 6.07) is 2.60. The summed E-state index contributed by atoms with van der Waals surface area (Å²) in [5.74, 6) is -0.928. The molecule has 2 N–H and O–H groups in total. The molecule has 1 aliphatic heterocycles. The van der Waals surface area contributed by atoms with Gasteiger partial charge in [0.25, 0.3) is 5.91 Å². The molecular formula is C16H17BrN2O6. The van der Waals surface area contributed by atoms with Gasteiger partial charge in [0, 0.05) is 4.47 Å². The van der Waals surface area contributed by atoms with Crippen LogP contribution in [0.1, 0.15) is 19.4 Å². The van der Waals surface area contributed by atoms with Crippen LogP contribution in [0.4, 0.5) is 4.79 Å². The first-order valence-corrected chi connectivity index (χ1v) is 8.32. The zero-order valence-electron chi connectivity index (χ0n) is 13.7. The van der Waals surface area contributed by atoms with Crippen LogP contribution in [-0.2, 0) is 9.59 Å². The summed E-state index contributed by atoms with van der Waals surface area (Å²) in [5, 5.41) is 11.1. The number of rotatable bonds is 7. The Labute approximate surface area is 152 Å². The number of carbonyl (C=O) groups is 3. The van der Waals surface area contributed by atoms with Crippen molar-refractivity contribution in [1.82, 2.24) is 10.2 Å². The Hall–Kier alpha value is -2.55. The zero-order valence-corrected chi connectivity index (χ0v) is 15.3. The van der Waals surface area contributed by atoms with E-state index in [2.05, 4.69) is 21.2 Å². The van der Waals surface area contributed by atoms with Gasteiger partial charge in [0.1, 0.15) is 12.2 Å². The number of nitrogens with zero attached hydrogens (tertiary/aromatic N) is 1. The molecule has 1 aliphatic rings. The first-order valence-electron chi connectivity index (χ1n) is 7.52. The van der Waals surface area contributed by atoms with Gasteiger partial charge in [0.05, 0.1) is 13.2 Å². The lowest BCUT2D eigenvalue weighted by Gasteiger charge is -2.13. The van der Waals surface area contributed by atoms with E-state index in [1.165, 1.54) is 6.08 Å². The van der Waals surface area contributed by atoms with Crippen molar-refractivity contribution in [1.29, 1.82) is 0 Å². The average Bonchev–Trinajstić information content (AvgIpc) is 2.79. The minimum atomic E-state index is -1.27. The van der Waals surface area contributed by atoms with Crippen molar-refractivity contribution in [3.8, 4) is 11.5 Å². The van der Waals surface area contributed by atoms with E-state index < -0.39 is 24.5 Å². The van der Waals surface area contributed by atoms with Crippen LogP contribution >= 0.6 is 15.9 Å². The monoisotopic (exact) mass is 412 g/mol. The second-order valence-electron chi connectivity index (χ2n) is 4.96. The van der Waals surface area contributed by atoms with Gasteiger partial charge in [-0.1, -0.05) is 15.9 Å². The standard InChI is InChI=1S/C16H17BrN2O6/c1-3-24-12-6-9(10(17)7-13(12)25-4-2)5-11-15(22)19(8-14(20)21)16(23)18-11/h5-7H,3-4,8H2,1-2H3,(H,18,23)(H,20,21)/b11-5+. The van der Waals surface area contributed by atoms with E-state index in [-0.39, 0.29) is 5.70 Å². The molecule has 3 amide bonds. The molecular weight excluding hydrogens is 396 g/mol. The number of urea groups is 1. The van der Waals surface area contributed by atoms with E-state index in [0.29, 0.717) is 39.6 Å². The van der Waals surface area contributed by atoms with Crippen LogP contribution in [-0.4, -0.2) is 47.7 Å². The molecule has 1 heterocycles. The predicted molar refractivity (Wildman–Crippen MR) is 92.3 cm³/mol. The quantitative estimate of drug-likeness (QED) is 0.525. The minimum absolute atomic E-state index is 0.0152. The number of carboxylic acid groups (broad SMARTS) is 1. The van der Waals surface area contributed by atoms with Gasteiger partial charge in [-0.25, -0.2) is 9.69 Å². The number of aliphatic carboxylic acids is 1. The summed E-state index contributed by atoms with van der Waals surface area (Å²) in [6.45, 7) is 3.88. The number of benzene rings is 1. The molecule has 0 atom stereocenters. The Bertz CT molecular complexity index is 746. The van der Waals surface area contributed by atoms with Crippen molar-refractivity contribution in [2.24, 2.45) is 0 Å². The van der Waals surface area contributed by atoms with Crippen LogP contribution < -0.4 is 14.8 Å². The predicted octanol–water partition coefficient (Wildman–Crippen LogP) is 2.22. The lowest BCUT2D eigenvalue weighted by molar-refractivity contribution is -0.140. The molecule has 25 heavy (non-hydrogen) atoms. The maximum absolute atomic E-state index is 12.2. The van der Waals surface area contributed by atoms with Crippen LogP contribution in [0.15, 0.2) is 22.3 Å². The second kappa shape index (κ2) is 8.02. The summed E-state index contributed by atoms with van der Waals surface area (Å²) in [6.07, 6.45) is 1.45. The Kier molecular flexibility index (Phi) is 6.02. The van der Waals surface area contributed by atoms with E-state index in [1.54, 1.807) is 12.1 Å². The fourth-order valence-corrected chi connectivity index (χ4v) is 2.64. The number of amides is 3. The van der Waals surface area contributed by atoms with Crippen molar-refractivity contribution in [3.05, 3.63) is 27.9 Å². The number of imide groups is 1. The first kappa shape index (κ1) is 18.8. The van der Waals surface area contributed by atoms with Gasteiger partial charge in [0.2, 0.25) is 0 Å². The topological polar surface area (TPSA) is 105 Å². The third-order valence-corrected chi connectivity index (χ3v) is 3.91. The van der Waals surface area contributed by atoms with E-state index in [4.69, 9.17) is 14.6 Å². The highest BCUT2D eigenvalue weighted by Gasteiger charge is 2.35. The van der Waals surface area contributed by atoms with Crippen molar-refractivity contribution in [3.63, 3.8) is 0 Å². The van der Waals surface area contributed by atoms with Gasteiger partial charge >= 0.3 is 12.0 Å². The van der Waals surface area contributed by atoms with Crippen molar-refractivity contribution >= 4 is 39.9 Å². The minimum Gasteiger partial charge on any atom is -0.490 e. The van der Waals surface area contributed by atoms with E-state index >= 15 is 0 Å². The fraction of sp³-hybridized carbons (Fsp3) is 0.312. The van der Waals surface area contributed by atoms with Gasteiger partial charge in [-0.15, -0.1) is 0 Å². The van der Waals surface area contributed by atoms with Gasteiger partial charge < -0.3 is 19.9 Å². The molecule has 2 rings (SSSR count). The molecule has 0 unspecified atom stereocenters. The highest BCUT2D eigenvalue weighted by atomic mass is 79.9. The summed E-state index contributed by atoms with van der Waals surface area (Å²) >= 11 is 3.39. The summed E-state index contributed by atoms with van der Waals surface area (Å²) < 4.78 is 11.7. The summed E-state index contributed by atoms with van der Waals surface area (Å²) in [7, 11) is 0. The molecule has 0 bridgehead atoms. The molecule has 134 valence electrons. The third-order valence-electron chi connectivity index (χ3n) is 3.22.